The molecule has 1 N–H and O–H groups in total. The van der Waals surface area contributed by atoms with Crippen molar-refractivity contribution >= 4 is 17.7 Å². The van der Waals surface area contributed by atoms with Crippen molar-refractivity contribution in [1.82, 2.24) is 5.32 Å². The lowest BCUT2D eigenvalue weighted by molar-refractivity contribution is 0.0963. The first kappa shape index (κ1) is 10.1. The number of amides is 1. The number of nitrogens with one attached hydrogen (secondary N) is 1. The van der Waals surface area contributed by atoms with Crippen LogP contribution in [0, 0.1) is 0 Å². The van der Waals surface area contributed by atoms with Crippen molar-refractivity contribution in [3.05, 3.63) is 29.8 Å². The van der Waals surface area contributed by atoms with Gasteiger partial charge in [-0.1, -0.05) is 6.92 Å². The van der Waals surface area contributed by atoms with Crippen molar-refractivity contribution < 1.29 is 4.79 Å². The van der Waals surface area contributed by atoms with Gasteiger partial charge in [0.2, 0.25) is 0 Å². The molecule has 0 bridgehead atoms. The molecule has 0 fully saturated rings. The second-order valence-corrected chi connectivity index (χ2v) is 3.87. The molecule has 0 saturated heterocycles. The van der Waals surface area contributed by atoms with Crippen molar-refractivity contribution in [2.75, 3.05) is 12.8 Å². The molecule has 1 amide bonds. The number of hydrogen-bond acceptors (Lipinski definition) is 2. The molecule has 0 radical (unpaired) electrons. The van der Waals surface area contributed by atoms with E-state index in [-0.39, 0.29) is 5.91 Å². The molecule has 2 nitrogen and oxygen atoms in total. The number of benzene rings is 1. The van der Waals surface area contributed by atoms with E-state index < -0.39 is 0 Å². The Morgan fingerprint density at radius 1 is 1.38 bits per heavy atom. The van der Waals surface area contributed by atoms with E-state index in [0.29, 0.717) is 5.56 Å². The zero-order chi connectivity index (χ0) is 9.68. The molecular weight excluding hydrogens is 182 g/mol. The molecule has 0 heterocycles. The van der Waals surface area contributed by atoms with E-state index >= 15 is 0 Å². The molecule has 13 heavy (non-hydrogen) atoms. The molecular formula is C10H13NOS. The maximum absolute atomic E-state index is 11.2. The van der Waals surface area contributed by atoms with Crippen molar-refractivity contribution in [3.63, 3.8) is 0 Å². The molecule has 0 aliphatic heterocycles. The van der Waals surface area contributed by atoms with E-state index in [2.05, 4.69) is 12.2 Å². The van der Waals surface area contributed by atoms with Crippen LogP contribution < -0.4 is 5.32 Å². The van der Waals surface area contributed by atoms with Crippen LogP contribution in [0.1, 0.15) is 17.3 Å². The van der Waals surface area contributed by atoms with E-state index in [1.54, 1.807) is 18.8 Å². The number of hydrogen-bond donors (Lipinski definition) is 1. The van der Waals surface area contributed by atoms with E-state index in [1.165, 1.54) is 4.90 Å². The highest BCUT2D eigenvalue weighted by Gasteiger charge is 2.01. The molecule has 0 aliphatic rings. The minimum atomic E-state index is -0.0342. The Balaban J connectivity index is 2.75. The average molecular weight is 195 g/mol. The third-order valence-electron chi connectivity index (χ3n) is 1.65. The Morgan fingerprint density at radius 3 is 2.46 bits per heavy atom. The molecule has 3 heteroatoms. The largest absolute Gasteiger partial charge is 0.355 e. The SMILES string of the molecule is CCSc1ccc(C(=O)NC)cc1. The van der Waals surface area contributed by atoms with Crippen LogP contribution in [0.3, 0.4) is 0 Å². The minimum absolute atomic E-state index is 0.0342. The van der Waals surface area contributed by atoms with Crippen LogP contribution in [-0.2, 0) is 0 Å². The first-order valence-corrected chi connectivity index (χ1v) is 5.21. The summed E-state index contributed by atoms with van der Waals surface area (Å²) in [6, 6.07) is 7.63. The van der Waals surface area contributed by atoms with Gasteiger partial charge in [-0.25, -0.2) is 0 Å². The van der Waals surface area contributed by atoms with Crippen LogP contribution in [0.4, 0.5) is 0 Å². The van der Waals surface area contributed by atoms with Gasteiger partial charge in [0.05, 0.1) is 0 Å². The second kappa shape index (κ2) is 4.92. The monoisotopic (exact) mass is 195 g/mol. The average Bonchev–Trinajstić information content (AvgIpc) is 2.18. The molecule has 1 aromatic carbocycles. The summed E-state index contributed by atoms with van der Waals surface area (Å²) in [7, 11) is 1.64. The molecule has 1 aromatic rings. The van der Waals surface area contributed by atoms with Gasteiger partial charge in [-0.2, -0.15) is 0 Å². The molecule has 0 atom stereocenters. The summed E-state index contributed by atoms with van der Waals surface area (Å²) in [5.74, 6) is 1.02. The molecule has 0 spiro atoms. The number of rotatable bonds is 3. The fourth-order valence-corrected chi connectivity index (χ4v) is 1.68. The first-order chi connectivity index (χ1) is 6.27. The zero-order valence-corrected chi connectivity index (χ0v) is 8.65. The van der Waals surface area contributed by atoms with Gasteiger partial charge < -0.3 is 5.32 Å². The van der Waals surface area contributed by atoms with E-state index in [0.717, 1.165) is 5.75 Å². The van der Waals surface area contributed by atoms with Crippen LogP contribution in [0.5, 0.6) is 0 Å². The van der Waals surface area contributed by atoms with Crippen LogP contribution in [-0.4, -0.2) is 18.7 Å². The van der Waals surface area contributed by atoms with Crippen molar-refractivity contribution in [1.29, 1.82) is 0 Å². The highest BCUT2D eigenvalue weighted by molar-refractivity contribution is 7.99. The topological polar surface area (TPSA) is 29.1 Å². The summed E-state index contributed by atoms with van der Waals surface area (Å²) in [5.41, 5.74) is 0.711. The molecule has 1 rings (SSSR count). The van der Waals surface area contributed by atoms with Gasteiger partial charge in [0.15, 0.2) is 0 Å². The van der Waals surface area contributed by atoms with Gasteiger partial charge in [0, 0.05) is 17.5 Å². The molecule has 0 saturated carbocycles. The van der Waals surface area contributed by atoms with Gasteiger partial charge in [-0.05, 0) is 30.0 Å². The minimum Gasteiger partial charge on any atom is -0.355 e. The summed E-state index contributed by atoms with van der Waals surface area (Å²) in [6.07, 6.45) is 0. The van der Waals surface area contributed by atoms with E-state index in [9.17, 15) is 4.79 Å². The lowest BCUT2D eigenvalue weighted by atomic mass is 10.2. The fourth-order valence-electron chi connectivity index (χ4n) is 1.01. The fraction of sp³-hybridized carbons (Fsp3) is 0.300. The predicted octanol–water partition coefficient (Wildman–Crippen LogP) is 2.16. The maximum atomic E-state index is 11.2. The summed E-state index contributed by atoms with van der Waals surface area (Å²) in [4.78, 5) is 12.4. The van der Waals surface area contributed by atoms with Crippen molar-refractivity contribution in [3.8, 4) is 0 Å². The predicted molar refractivity (Wildman–Crippen MR) is 56.2 cm³/mol. The number of carbonyl (C=O) groups excluding carboxylic acids is 1. The van der Waals surface area contributed by atoms with Crippen molar-refractivity contribution in [2.24, 2.45) is 0 Å². The highest BCUT2D eigenvalue weighted by atomic mass is 32.2. The number of carbonyl (C=O) groups is 1. The maximum Gasteiger partial charge on any atom is 0.251 e. The second-order valence-electron chi connectivity index (χ2n) is 2.54. The van der Waals surface area contributed by atoms with Gasteiger partial charge in [-0.3, -0.25) is 4.79 Å². The Hall–Kier alpha value is -0.960. The molecule has 70 valence electrons. The summed E-state index contributed by atoms with van der Waals surface area (Å²) in [6.45, 7) is 2.11. The molecule has 0 unspecified atom stereocenters. The number of thioether (sulfide) groups is 1. The van der Waals surface area contributed by atoms with Gasteiger partial charge >= 0.3 is 0 Å². The lowest BCUT2D eigenvalue weighted by Gasteiger charge is -2.01. The lowest BCUT2D eigenvalue weighted by Crippen LogP contribution is -2.17. The third-order valence-corrected chi connectivity index (χ3v) is 2.55. The van der Waals surface area contributed by atoms with Gasteiger partial charge in [0.1, 0.15) is 0 Å². The van der Waals surface area contributed by atoms with E-state index in [4.69, 9.17) is 0 Å². The smallest absolute Gasteiger partial charge is 0.251 e. The quantitative estimate of drug-likeness (QED) is 0.749. The summed E-state index contributed by atoms with van der Waals surface area (Å²) >= 11 is 1.77. The van der Waals surface area contributed by atoms with E-state index in [1.807, 2.05) is 24.3 Å². The van der Waals surface area contributed by atoms with Gasteiger partial charge in [-0.15, -0.1) is 11.8 Å². The zero-order valence-electron chi connectivity index (χ0n) is 7.83. The third kappa shape index (κ3) is 2.77. The Kier molecular flexibility index (Phi) is 3.83. The summed E-state index contributed by atoms with van der Waals surface area (Å²) in [5, 5.41) is 2.59. The van der Waals surface area contributed by atoms with Crippen LogP contribution in [0.25, 0.3) is 0 Å². The highest BCUT2D eigenvalue weighted by Crippen LogP contribution is 2.17. The standard InChI is InChI=1S/C10H13NOS/c1-3-13-9-6-4-8(5-7-9)10(12)11-2/h4-7H,3H2,1-2H3,(H,11,12). The molecule has 0 aliphatic carbocycles. The molecule has 0 aromatic heterocycles. The van der Waals surface area contributed by atoms with Gasteiger partial charge in [0.25, 0.3) is 5.91 Å². The van der Waals surface area contributed by atoms with Crippen molar-refractivity contribution in [2.45, 2.75) is 11.8 Å². The summed E-state index contributed by atoms with van der Waals surface area (Å²) < 4.78 is 0. The Labute approximate surface area is 82.7 Å². The van der Waals surface area contributed by atoms with Crippen LogP contribution in [0.2, 0.25) is 0 Å². The normalized spacial score (nSPS) is 9.69. The first-order valence-electron chi connectivity index (χ1n) is 4.23. The van der Waals surface area contributed by atoms with Crippen LogP contribution >= 0.6 is 11.8 Å². The Morgan fingerprint density at radius 2 is 2.00 bits per heavy atom. The Bertz CT molecular complexity index is 281. The van der Waals surface area contributed by atoms with Crippen LogP contribution in [0.15, 0.2) is 29.2 Å².